The van der Waals surface area contributed by atoms with Crippen LogP contribution in [0.5, 0.6) is 5.75 Å². The number of para-hydroxylation sites is 1. The van der Waals surface area contributed by atoms with Crippen LogP contribution in [0, 0.1) is 0 Å². The maximum absolute atomic E-state index is 11.4. The van der Waals surface area contributed by atoms with Gasteiger partial charge in [-0.2, -0.15) is 0 Å². The van der Waals surface area contributed by atoms with Gasteiger partial charge in [0, 0.05) is 34.0 Å². The molecule has 2 heterocycles. The van der Waals surface area contributed by atoms with Crippen LogP contribution in [0.1, 0.15) is 51.3 Å². The van der Waals surface area contributed by atoms with Crippen LogP contribution >= 0.6 is 0 Å². The van der Waals surface area contributed by atoms with Crippen molar-refractivity contribution in [2.24, 2.45) is 0 Å². The molecule has 0 aliphatic heterocycles. The summed E-state index contributed by atoms with van der Waals surface area (Å²) in [6.07, 6.45) is 1.89. The van der Waals surface area contributed by atoms with E-state index in [0.29, 0.717) is 5.75 Å². The first-order valence-electron chi connectivity index (χ1n) is 11.6. The summed E-state index contributed by atoms with van der Waals surface area (Å²) in [4.78, 5) is 4.78. The second-order valence-corrected chi connectivity index (χ2v) is 10.7. The maximum Gasteiger partial charge on any atom is 0.137 e. The molecular weight excluding hydrogens is 404 g/mol. The van der Waals surface area contributed by atoms with Crippen LogP contribution in [0.25, 0.3) is 38.8 Å². The van der Waals surface area contributed by atoms with Gasteiger partial charge in [0.05, 0.1) is 11.0 Å². The number of hydrogen-bond donors (Lipinski definition) is 1. The maximum atomic E-state index is 11.4. The first kappa shape index (κ1) is 20.0. The zero-order valence-electron chi connectivity index (χ0n) is 19.8. The number of fused-ring (bicyclic) bond motifs is 7. The number of benzene rings is 3. The third kappa shape index (κ3) is 2.65. The van der Waals surface area contributed by atoms with Gasteiger partial charge in [0.25, 0.3) is 0 Å². The van der Waals surface area contributed by atoms with Gasteiger partial charge in [-0.3, -0.25) is 4.57 Å². The topological polar surface area (TPSA) is 38.0 Å². The summed E-state index contributed by atoms with van der Waals surface area (Å²) in [6, 6.07) is 23.2. The van der Waals surface area contributed by atoms with Gasteiger partial charge in [0.2, 0.25) is 0 Å². The second-order valence-electron chi connectivity index (χ2n) is 10.7. The normalized spacial score (nSPS) is 14.6. The van der Waals surface area contributed by atoms with Crippen molar-refractivity contribution >= 4 is 21.8 Å². The van der Waals surface area contributed by atoms with E-state index in [1.807, 2.05) is 12.3 Å². The Hall–Kier alpha value is -3.59. The Balaban J connectivity index is 1.79. The first-order valence-corrected chi connectivity index (χ1v) is 11.6. The molecule has 0 unspecified atom stereocenters. The van der Waals surface area contributed by atoms with Crippen LogP contribution < -0.4 is 0 Å². The van der Waals surface area contributed by atoms with Crippen molar-refractivity contribution in [3.63, 3.8) is 0 Å². The zero-order valence-corrected chi connectivity index (χ0v) is 19.8. The van der Waals surface area contributed by atoms with E-state index in [4.69, 9.17) is 4.98 Å². The molecule has 33 heavy (non-hydrogen) atoms. The third-order valence-corrected chi connectivity index (χ3v) is 7.28. The van der Waals surface area contributed by atoms with Gasteiger partial charge < -0.3 is 5.11 Å². The third-order valence-electron chi connectivity index (χ3n) is 7.28. The molecule has 0 radical (unpaired) electrons. The molecule has 2 aromatic heterocycles. The van der Waals surface area contributed by atoms with Crippen LogP contribution in [0.3, 0.4) is 0 Å². The van der Waals surface area contributed by atoms with E-state index >= 15 is 0 Å². The lowest BCUT2D eigenvalue weighted by Gasteiger charge is -2.23. The van der Waals surface area contributed by atoms with E-state index in [0.717, 1.165) is 28.0 Å². The van der Waals surface area contributed by atoms with Crippen LogP contribution in [0.15, 0.2) is 72.9 Å². The number of rotatable bonds is 1. The number of nitrogens with zero attached hydrogens (tertiary/aromatic N) is 2. The van der Waals surface area contributed by atoms with E-state index in [1.165, 1.54) is 27.5 Å². The van der Waals surface area contributed by atoms with Crippen LogP contribution in [0.4, 0.5) is 0 Å². The van der Waals surface area contributed by atoms with Crippen molar-refractivity contribution in [2.45, 2.75) is 45.4 Å². The van der Waals surface area contributed by atoms with E-state index in [9.17, 15) is 5.11 Å². The predicted octanol–water partition coefficient (Wildman–Crippen LogP) is 7.49. The van der Waals surface area contributed by atoms with E-state index in [-0.39, 0.29) is 10.8 Å². The summed E-state index contributed by atoms with van der Waals surface area (Å²) in [7, 11) is 0. The molecule has 0 bridgehead atoms. The van der Waals surface area contributed by atoms with Gasteiger partial charge in [-0.25, -0.2) is 4.98 Å². The lowest BCUT2D eigenvalue weighted by Crippen LogP contribution is -2.15. The minimum Gasteiger partial charge on any atom is -0.507 e. The summed E-state index contributed by atoms with van der Waals surface area (Å²) in [5.74, 6) is 1.20. The molecular formula is C30H28N2O. The highest BCUT2D eigenvalue weighted by atomic mass is 16.3. The molecule has 3 nitrogen and oxygen atoms in total. The monoisotopic (exact) mass is 432 g/mol. The van der Waals surface area contributed by atoms with Crippen molar-refractivity contribution in [1.29, 1.82) is 0 Å². The van der Waals surface area contributed by atoms with Crippen LogP contribution in [-0.2, 0) is 10.8 Å². The Labute approximate surface area is 194 Å². The second kappa shape index (κ2) is 6.48. The lowest BCUT2D eigenvalue weighted by atomic mass is 9.80. The molecule has 1 aliphatic carbocycles. The Morgan fingerprint density at radius 1 is 0.879 bits per heavy atom. The number of phenols is 1. The molecule has 0 spiro atoms. The quantitative estimate of drug-likeness (QED) is 0.298. The highest BCUT2D eigenvalue weighted by molar-refractivity contribution is 6.15. The molecule has 1 aliphatic rings. The SMILES string of the molecule is CC(C)(C)c1ccnc(-n2c3ccccc3c3c4c(c(O)cc32)-c2ccccc2C4(C)C)c1. The minimum absolute atomic E-state index is 0.0173. The number of pyridine rings is 1. The highest BCUT2D eigenvalue weighted by Crippen LogP contribution is 2.56. The molecule has 1 N–H and O–H groups in total. The summed E-state index contributed by atoms with van der Waals surface area (Å²) in [6.45, 7) is 11.2. The van der Waals surface area contributed by atoms with Gasteiger partial charge in [-0.1, -0.05) is 77.1 Å². The summed E-state index contributed by atoms with van der Waals surface area (Å²) >= 11 is 0. The number of phenolic OH excluding ortho intramolecular Hbond substituents is 1. The fraction of sp³-hybridized carbons (Fsp3) is 0.233. The summed E-state index contributed by atoms with van der Waals surface area (Å²) in [5, 5.41) is 13.7. The summed E-state index contributed by atoms with van der Waals surface area (Å²) < 4.78 is 2.21. The van der Waals surface area contributed by atoms with E-state index < -0.39 is 0 Å². The van der Waals surface area contributed by atoms with Gasteiger partial charge in [-0.15, -0.1) is 0 Å². The van der Waals surface area contributed by atoms with Crippen molar-refractivity contribution < 1.29 is 5.11 Å². The molecule has 0 atom stereocenters. The molecule has 5 aromatic rings. The predicted molar refractivity (Wildman–Crippen MR) is 137 cm³/mol. The van der Waals surface area contributed by atoms with Gasteiger partial charge in [0.15, 0.2) is 0 Å². The number of aromatic hydroxyl groups is 1. The molecule has 0 fully saturated rings. The molecule has 3 aromatic carbocycles. The van der Waals surface area contributed by atoms with Crippen LogP contribution in [-0.4, -0.2) is 14.7 Å². The smallest absolute Gasteiger partial charge is 0.137 e. The first-order chi connectivity index (χ1) is 15.7. The van der Waals surface area contributed by atoms with Crippen molar-refractivity contribution in [1.82, 2.24) is 9.55 Å². The molecule has 0 saturated carbocycles. The molecule has 3 heteroatoms. The van der Waals surface area contributed by atoms with E-state index in [1.54, 1.807) is 0 Å². The molecule has 6 rings (SSSR count). The molecule has 164 valence electrons. The minimum atomic E-state index is -0.224. The fourth-order valence-electron chi connectivity index (χ4n) is 5.65. The van der Waals surface area contributed by atoms with Gasteiger partial charge in [-0.05, 0) is 45.9 Å². The highest BCUT2D eigenvalue weighted by Gasteiger charge is 2.40. The largest absolute Gasteiger partial charge is 0.507 e. The Morgan fingerprint density at radius 3 is 2.39 bits per heavy atom. The lowest BCUT2D eigenvalue weighted by molar-refractivity contribution is 0.477. The van der Waals surface area contributed by atoms with Crippen LogP contribution in [0.2, 0.25) is 0 Å². The Kier molecular flexibility index (Phi) is 3.93. The zero-order chi connectivity index (χ0) is 23.1. The van der Waals surface area contributed by atoms with Crippen molar-refractivity contribution in [3.05, 3.63) is 89.6 Å². The average Bonchev–Trinajstić information content (AvgIpc) is 3.23. The van der Waals surface area contributed by atoms with Gasteiger partial charge >= 0.3 is 0 Å². The number of aromatic nitrogens is 2. The van der Waals surface area contributed by atoms with Crippen molar-refractivity contribution in [3.8, 4) is 22.7 Å². The van der Waals surface area contributed by atoms with Crippen molar-refractivity contribution in [2.75, 3.05) is 0 Å². The Morgan fingerprint density at radius 2 is 1.61 bits per heavy atom. The standard InChI is InChI=1S/C30H28N2O/c1-29(2,3)18-14-15-31-25(16-18)32-22-13-9-7-11-20(22)26-23(32)17-24(33)27-19-10-6-8-12-21(19)30(4,5)28(26)27/h6-17,33H,1-5H3. The summed E-state index contributed by atoms with van der Waals surface area (Å²) in [5.41, 5.74) is 7.66. The average molecular weight is 433 g/mol. The Bertz CT molecular complexity index is 1580. The van der Waals surface area contributed by atoms with Gasteiger partial charge in [0.1, 0.15) is 11.6 Å². The number of hydrogen-bond acceptors (Lipinski definition) is 2. The molecule has 0 saturated heterocycles. The van der Waals surface area contributed by atoms with E-state index in [2.05, 4.69) is 99.8 Å². The fourth-order valence-corrected chi connectivity index (χ4v) is 5.65. The molecule has 0 amide bonds.